The van der Waals surface area contributed by atoms with Gasteiger partial charge in [-0.2, -0.15) is 5.10 Å². The minimum absolute atomic E-state index is 0.149. The molecular formula is C23H22FN5O2S. The van der Waals surface area contributed by atoms with Gasteiger partial charge in [0, 0.05) is 30.1 Å². The van der Waals surface area contributed by atoms with Gasteiger partial charge in [0.1, 0.15) is 5.82 Å². The molecule has 3 aromatic heterocycles. The van der Waals surface area contributed by atoms with Gasteiger partial charge in [-0.3, -0.25) is 9.78 Å². The van der Waals surface area contributed by atoms with Crippen LogP contribution in [0.3, 0.4) is 0 Å². The van der Waals surface area contributed by atoms with Gasteiger partial charge in [0.2, 0.25) is 0 Å². The van der Waals surface area contributed by atoms with Crippen molar-refractivity contribution >= 4 is 28.6 Å². The Hall–Kier alpha value is -3.30. The third-order valence-corrected chi connectivity index (χ3v) is 5.98. The number of nitrogens with zero attached hydrogens (tertiary/aromatic N) is 4. The number of aliphatic hydroxyl groups excluding tert-OH is 1. The van der Waals surface area contributed by atoms with Crippen LogP contribution in [-0.4, -0.2) is 43.1 Å². The van der Waals surface area contributed by atoms with Gasteiger partial charge in [-0.05, 0) is 55.3 Å². The summed E-state index contributed by atoms with van der Waals surface area (Å²) in [5.74, 6) is 0.184. The number of amides is 1. The van der Waals surface area contributed by atoms with Crippen molar-refractivity contribution in [1.82, 2.24) is 25.1 Å². The molecule has 2 N–H and O–H groups in total. The van der Waals surface area contributed by atoms with Gasteiger partial charge in [0.15, 0.2) is 0 Å². The first-order chi connectivity index (χ1) is 15.6. The van der Waals surface area contributed by atoms with E-state index < -0.39 is 0 Å². The summed E-state index contributed by atoms with van der Waals surface area (Å²) in [6.07, 6.45) is 7.18. The highest BCUT2D eigenvalue weighted by Gasteiger charge is 2.17. The summed E-state index contributed by atoms with van der Waals surface area (Å²) in [5.41, 5.74) is 2.68. The molecule has 164 valence electrons. The predicted octanol–water partition coefficient (Wildman–Crippen LogP) is 3.92. The Bertz CT molecular complexity index is 1230. The largest absolute Gasteiger partial charge is 0.396 e. The number of benzene rings is 1. The quantitative estimate of drug-likeness (QED) is 0.312. The number of rotatable bonds is 8. The predicted molar refractivity (Wildman–Crippen MR) is 121 cm³/mol. The number of carbonyl (C=O) groups is 1. The normalized spacial score (nSPS) is 12.1. The van der Waals surface area contributed by atoms with E-state index in [2.05, 4.69) is 20.4 Å². The fraction of sp³-hybridized carbons (Fsp3) is 0.217. The van der Waals surface area contributed by atoms with E-state index in [0.29, 0.717) is 28.6 Å². The first kappa shape index (κ1) is 21.9. The number of aromatic nitrogens is 4. The van der Waals surface area contributed by atoms with Crippen LogP contribution in [0.5, 0.6) is 0 Å². The summed E-state index contributed by atoms with van der Waals surface area (Å²) in [7, 11) is 0. The molecular weight excluding hydrogens is 429 g/mol. The summed E-state index contributed by atoms with van der Waals surface area (Å²) in [6.45, 7) is 2.06. The first-order valence-electron chi connectivity index (χ1n) is 10.1. The molecule has 0 spiro atoms. The van der Waals surface area contributed by atoms with Crippen molar-refractivity contribution in [3.05, 3.63) is 78.1 Å². The smallest absolute Gasteiger partial charge is 0.254 e. The molecule has 0 saturated carbocycles. The van der Waals surface area contributed by atoms with Crippen molar-refractivity contribution in [2.45, 2.75) is 24.4 Å². The Kier molecular flexibility index (Phi) is 6.77. The Balaban J connectivity index is 1.54. The van der Waals surface area contributed by atoms with Crippen LogP contribution in [0.4, 0.5) is 4.39 Å². The molecule has 1 aromatic carbocycles. The number of fused-ring (bicyclic) bond motifs is 1. The number of aliphatic hydroxyl groups is 1. The lowest BCUT2D eigenvalue weighted by Gasteiger charge is -2.15. The number of nitrogens with one attached hydrogen (secondary N) is 1. The number of pyridine rings is 2. The highest BCUT2D eigenvalue weighted by atomic mass is 32.2. The molecule has 0 radical (unpaired) electrons. The third kappa shape index (κ3) is 4.79. The monoisotopic (exact) mass is 451 g/mol. The van der Waals surface area contributed by atoms with Crippen LogP contribution in [0.25, 0.3) is 16.6 Å². The first-order valence-corrected chi connectivity index (χ1v) is 11.1. The molecule has 1 atom stereocenters. The van der Waals surface area contributed by atoms with Gasteiger partial charge in [0.25, 0.3) is 5.91 Å². The zero-order valence-corrected chi connectivity index (χ0v) is 18.2. The van der Waals surface area contributed by atoms with Gasteiger partial charge < -0.3 is 10.4 Å². The topological polar surface area (TPSA) is 92.9 Å². The van der Waals surface area contributed by atoms with Crippen LogP contribution in [0.15, 0.2) is 66.2 Å². The third-order valence-electron chi connectivity index (χ3n) is 4.97. The Morgan fingerprint density at radius 2 is 2.03 bits per heavy atom. The summed E-state index contributed by atoms with van der Waals surface area (Å²) in [6, 6.07) is 9.53. The lowest BCUT2D eigenvalue weighted by atomic mass is 10.1. The van der Waals surface area contributed by atoms with E-state index in [9.17, 15) is 9.18 Å². The van der Waals surface area contributed by atoms with Crippen LogP contribution in [0.2, 0.25) is 0 Å². The van der Waals surface area contributed by atoms with Gasteiger partial charge in [-0.25, -0.2) is 14.1 Å². The second-order valence-corrected chi connectivity index (χ2v) is 8.32. The zero-order valence-electron chi connectivity index (χ0n) is 17.4. The maximum atomic E-state index is 13.3. The van der Waals surface area contributed by atoms with Crippen molar-refractivity contribution in [3.8, 4) is 5.69 Å². The molecule has 0 bridgehead atoms. The average Bonchev–Trinajstić information content (AvgIpc) is 3.24. The lowest BCUT2D eigenvalue weighted by molar-refractivity contribution is 0.0941. The molecule has 1 unspecified atom stereocenters. The maximum Gasteiger partial charge on any atom is 0.254 e. The van der Waals surface area contributed by atoms with E-state index in [4.69, 9.17) is 5.11 Å². The number of thioether (sulfide) groups is 1. The Morgan fingerprint density at radius 3 is 2.81 bits per heavy atom. The summed E-state index contributed by atoms with van der Waals surface area (Å²) in [4.78, 5) is 21.6. The van der Waals surface area contributed by atoms with E-state index in [1.54, 1.807) is 47.2 Å². The SMILES string of the molecule is CC(NC(=O)c1cncc2c1cnn2-c1ccc(F)cc1)c1ccnc(SCCCO)c1. The van der Waals surface area contributed by atoms with Crippen molar-refractivity contribution < 1.29 is 14.3 Å². The molecule has 32 heavy (non-hydrogen) atoms. The van der Waals surface area contributed by atoms with Crippen molar-refractivity contribution in [2.75, 3.05) is 12.4 Å². The molecule has 7 nitrogen and oxygen atoms in total. The fourth-order valence-corrected chi connectivity index (χ4v) is 4.12. The van der Waals surface area contributed by atoms with Crippen molar-refractivity contribution in [2.24, 2.45) is 0 Å². The molecule has 0 fully saturated rings. The van der Waals surface area contributed by atoms with Gasteiger partial charge in [-0.1, -0.05) is 0 Å². The van der Waals surface area contributed by atoms with Gasteiger partial charge in [-0.15, -0.1) is 11.8 Å². The average molecular weight is 452 g/mol. The number of halogens is 1. The van der Waals surface area contributed by atoms with Crippen molar-refractivity contribution in [3.63, 3.8) is 0 Å². The molecule has 0 aliphatic rings. The second kappa shape index (κ2) is 9.88. The van der Waals surface area contributed by atoms with Crippen LogP contribution in [0, 0.1) is 5.82 Å². The Morgan fingerprint density at radius 1 is 1.22 bits per heavy atom. The van der Waals surface area contributed by atoms with Crippen molar-refractivity contribution in [1.29, 1.82) is 0 Å². The molecule has 1 amide bonds. The number of hydrogen-bond acceptors (Lipinski definition) is 6. The molecule has 3 heterocycles. The number of hydrogen-bond donors (Lipinski definition) is 2. The second-order valence-electron chi connectivity index (χ2n) is 7.20. The van der Waals surface area contributed by atoms with Crippen LogP contribution >= 0.6 is 11.8 Å². The van der Waals surface area contributed by atoms with E-state index in [0.717, 1.165) is 16.3 Å². The molecule has 4 rings (SSSR count). The molecule has 9 heteroatoms. The molecule has 4 aromatic rings. The van der Waals surface area contributed by atoms with Crippen LogP contribution < -0.4 is 5.32 Å². The zero-order chi connectivity index (χ0) is 22.5. The van der Waals surface area contributed by atoms with E-state index in [1.807, 2.05) is 19.1 Å². The summed E-state index contributed by atoms with van der Waals surface area (Å²) >= 11 is 1.57. The van der Waals surface area contributed by atoms with E-state index >= 15 is 0 Å². The summed E-state index contributed by atoms with van der Waals surface area (Å²) in [5, 5.41) is 17.8. The minimum Gasteiger partial charge on any atom is -0.396 e. The Labute approximate surface area is 188 Å². The molecule has 0 aliphatic heterocycles. The highest BCUT2D eigenvalue weighted by molar-refractivity contribution is 7.99. The minimum atomic E-state index is -0.330. The fourth-order valence-electron chi connectivity index (χ4n) is 3.28. The summed E-state index contributed by atoms with van der Waals surface area (Å²) < 4.78 is 14.9. The van der Waals surface area contributed by atoms with E-state index in [-0.39, 0.29) is 24.4 Å². The number of carbonyl (C=O) groups excluding carboxylic acids is 1. The standard InChI is InChI=1S/C23H22FN5O2S/c1-15(16-7-8-26-22(11-16)32-10-2-9-30)28-23(31)20-12-25-14-21-19(20)13-27-29(21)18-5-3-17(24)4-6-18/h3-8,11-15,30H,2,9-10H2,1H3,(H,28,31). The molecule has 0 saturated heterocycles. The van der Waals surface area contributed by atoms with Crippen LogP contribution in [-0.2, 0) is 0 Å². The highest BCUT2D eigenvalue weighted by Crippen LogP contribution is 2.23. The van der Waals surface area contributed by atoms with Gasteiger partial charge >= 0.3 is 0 Å². The molecule has 0 aliphatic carbocycles. The lowest BCUT2D eigenvalue weighted by Crippen LogP contribution is -2.27. The van der Waals surface area contributed by atoms with E-state index in [1.165, 1.54) is 18.3 Å². The van der Waals surface area contributed by atoms with Gasteiger partial charge in [0.05, 0.1) is 40.2 Å². The maximum absolute atomic E-state index is 13.3. The van der Waals surface area contributed by atoms with Crippen LogP contribution in [0.1, 0.15) is 35.3 Å².